The summed E-state index contributed by atoms with van der Waals surface area (Å²) in [4.78, 5) is 12.0. The molecular formula is C6H14Cl2N2O3S. The molecular weight excluding hydrogens is 251 g/mol. The summed E-state index contributed by atoms with van der Waals surface area (Å²) in [6.07, 6.45) is 0. The van der Waals surface area contributed by atoms with Crippen molar-refractivity contribution >= 4 is 40.5 Å². The molecule has 1 aliphatic heterocycles. The lowest BCUT2D eigenvalue weighted by Gasteiger charge is -2.25. The van der Waals surface area contributed by atoms with Gasteiger partial charge in [0.15, 0.2) is 0 Å². The van der Waals surface area contributed by atoms with E-state index < -0.39 is 15.7 Å². The smallest absolute Gasteiger partial charge is 0.317 e. The van der Waals surface area contributed by atoms with Crippen LogP contribution in [-0.2, 0) is 14.5 Å². The Morgan fingerprint density at radius 1 is 1.36 bits per heavy atom. The van der Waals surface area contributed by atoms with Crippen LogP contribution in [0.5, 0.6) is 0 Å². The fourth-order valence-corrected chi connectivity index (χ4v) is 2.43. The summed E-state index contributed by atoms with van der Waals surface area (Å²) in [7, 11) is -2.39. The Kier molecular flexibility index (Phi) is 7.55. The molecule has 0 aromatic heterocycles. The van der Waals surface area contributed by atoms with E-state index in [-0.39, 0.29) is 31.4 Å². The van der Waals surface area contributed by atoms with Gasteiger partial charge in [-0.05, 0) is 0 Å². The summed E-state index contributed by atoms with van der Waals surface area (Å²) in [6, 6.07) is 0. The van der Waals surface area contributed by atoms with Crippen molar-refractivity contribution < 1.29 is 14.1 Å². The molecule has 1 rings (SSSR count). The second kappa shape index (κ2) is 6.44. The van der Waals surface area contributed by atoms with Crippen LogP contribution in [0.25, 0.3) is 0 Å². The number of nitrogens with one attached hydrogen (secondary N) is 1. The third-order valence-electron chi connectivity index (χ3n) is 1.83. The van der Waals surface area contributed by atoms with Gasteiger partial charge in [0.05, 0.1) is 6.54 Å². The van der Waals surface area contributed by atoms with E-state index in [0.29, 0.717) is 24.6 Å². The van der Waals surface area contributed by atoms with Crippen LogP contribution in [0.3, 0.4) is 0 Å². The normalized spacial score (nSPS) is 20.3. The number of rotatable bonds is 2. The largest absolute Gasteiger partial charge is 0.480 e. The van der Waals surface area contributed by atoms with Crippen LogP contribution in [-0.4, -0.2) is 51.3 Å². The number of hydrogen-bond acceptors (Lipinski definition) is 4. The Hall–Kier alpha value is -0.0400. The monoisotopic (exact) mass is 264 g/mol. The van der Waals surface area contributed by atoms with Crippen LogP contribution in [0.15, 0.2) is 0 Å². The van der Waals surface area contributed by atoms with Gasteiger partial charge in [-0.2, -0.15) is 0 Å². The molecule has 0 spiro atoms. The molecule has 0 radical (unpaired) electrons. The van der Waals surface area contributed by atoms with E-state index in [1.54, 1.807) is 4.90 Å². The second-order valence-corrected chi connectivity index (χ2v) is 5.33. The van der Waals surface area contributed by atoms with Crippen molar-refractivity contribution in [3.63, 3.8) is 0 Å². The van der Waals surface area contributed by atoms with E-state index in [1.807, 2.05) is 0 Å². The summed E-state index contributed by atoms with van der Waals surface area (Å²) < 4.78 is 18.4. The van der Waals surface area contributed by atoms with Crippen molar-refractivity contribution in [3.05, 3.63) is 0 Å². The minimum atomic E-state index is -2.39. The number of carboxylic acids is 1. The summed E-state index contributed by atoms with van der Waals surface area (Å²) in [6.45, 7) is 0.929. The molecule has 1 aliphatic rings. The number of halogens is 2. The van der Waals surface area contributed by atoms with Crippen LogP contribution in [0.4, 0.5) is 0 Å². The number of hydrogen-bond donors (Lipinski definition) is 2. The fourth-order valence-electron chi connectivity index (χ4n) is 1.12. The summed E-state index contributed by atoms with van der Waals surface area (Å²) in [5, 5.41) is 8.44. The van der Waals surface area contributed by atoms with E-state index in [1.165, 1.54) is 0 Å². The van der Waals surface area contributed by atoms with Gasteiger partial charge < -0.3 is 5.11 Å². The molecule has 0 saturated carbocycles. The molecule has 8 heteroatoms. The Morgan fingerprint density at radius 3 is 2.14 bits per heavy atom. The van der Waals surface area contributed by atoms with E-state index in [4.69, 9.17) is 9.89 Å². The minimum Gasteiger partial charge on any atom is -0.480 e. The van der Waals surface area contributed by atoms with Gasteiger partial charge >= 0.3 is 5.97 Å². The fraction of sp³-hybridized carbons (Fsp3) is 0.833. The average molecular weight is 265 g/mol. The zero-order valence-corrected chi connectivity index (χ0v) is 9.92. The van der Waals surface area contributed by atoms with Gasteiger partial charge in [-0.25, -0.2) is 4.21 Å². The Bertz CT molecular complexity index is 267. The van der Waals surface area contributed by atoms with Gasteiger partial charge in [0, 0.05) is 34.3 Å². The maximum Gasteiger partial charge on any atom is 0.317 e. The molecule has 1 fully saturated rings. The third kappa shape index (κ3) is 5.64. The zero-order valence-electron chi connectivity index (χ0n) is 7.47. The number of carboxylic acid groups (broad SMARTS) is 1. The standard InChI is InChI=1S/C6H12N2O3S.2ClH/c7-12(11)3-1-8(2-4-12)5-6(9)10;;/h7H,1-5H2,(H,9,10);2*1H. The first-order valence-corrected chi connectivity index (χ1v) is 5.57. The molecule has 1 saturated heterocycles. The van der Waals surface area contributed by atoms with Crippen molar-refractivity contribution in [1.82, 2.24) is 4.90 Å². The predicted molar refractivity (Wildman–Crippen MR) is 59.2 cm³/mol. The molecule has 0 aromatic carbocycles. The van der Waals surface area contributed by atoms with Gasteiger partial charge in [0.2, 0.25) is 0 Å². The molecule has 14 heavy (non-hydrogen) atoms. The number of nitrogens with zero attached hydrogens (tertiary/aromatic N) is 1. The van der Waals surface area contributed by atoms with E-state index in [2.05, 4.69) is 0 Å². The van der Waals surface area contributed by atoms with Crippen molar-refractivity contribution in [2.75, 3.05) is 31.1 Å². The van der Waals surface area contributed by atoms with Gasteiger partial charge in [-0.3, -0.25) is 14.5 Å². The lowest BCUT2D eigenvalue weighted by atomic mass is 10.5. The minimum absolute atomic E-state index is 0. The van der Waals surface area contributed by atoms with Crippen LogP contribution < -0.4 is 0 Å². The lowest BCUT2D eigenvalue weighted by Crippen LogP contribution is -2.42. The predicted octanol–water partition coefficient (Wildman–Crippen LogP) is 0.277. The van der Waals surface area contributed by atoms with E-state index in [0.717, 1.165) is 0 Å². The molecule has 0 aliphatic carbocycles. The summed E-state index contributed by atoms with van der Waals surface area (Å²) in [5.41, 5.74) is 0. The topological polar surface area (TPSA) is 81.5 Å². The Morgan fingerprint density at radius 2 is 1.79 bits per heavy atom. The molecule has 2 N–H and O–H groups in total. The molecule has 0 aromatic rings. The maximum atomic E-state index is 11.1. The molecule has 1 heterocycles. The second-order valence-electron chi connectivity index (χ2n) is 2.89. The van der Waals surface area contributed by atoms with Crippen LogP contribution >= 0.6 is 24.8 Å². The van der Waals surface area contributed by atoms with Crippen molar-refractivity contribution in [2.45, 2.75) is 0 Å². The zero-order chi connectivity index (χ0) is 9.19. The molecule has 0 amide bonds. The van der Waals surface area contributed by atoms with Crippen molar-refractivity contribution in [1.29, 1.82) is 4.78 Å². The first-order valence-electron chi connectivity index (χ1n) is 3.68. The van der Waals surface area contributed by atoms with Crippen molar-refractivity contribution in [2.24, 2.45) is 0 Å². The molecule has 0 bridgehead atoms. The molecule has 86 valence electrons. The van der Waals surface area contributed by atoms with E-state index >= 15 is 0 Å². The Labute approximate surface area is 95.6 Å². The lowest BCUT2D eigenvalue weighted by molar-refractivity contribution is -0.138. The van der Waals surface area contributed by atoms with Gasteiger partial charge in [-0.1, -0.05) is 0 Å². The first-order chi connectivity index (χ1) is 5.49. The summed E-state index contributed by atoms with van der Waals surface area (Å²) >= 11 is 0. The van der Waals surface area contributed by atoms with Crippen LogP contribution in [0.1, 0.15) is 0 Å². The van der Waals surface area contributed by atoms with Gasteiger partial charge in [0.1, 0.15) is 0 Å². The highest BCUT2D eigenvalue weighted by atomic mass is 35.5. The SMILES string of the molecule is Cl.Cl.N=S1(=O)CCN(CC(=O)O)CC1. The summed E-state index contributed by atoms with van der Waals surface area (Å²) in [5.74, 6) is -0.256. The highest BCUT2D eigenvalue weighted by Gasteiger charge is 2.19. The average Bonchev–Trinajstić information content (AvgIpc) is 1.93. The maximum absolute atomic E-state index is 11.1. The molecule has 5 nitrogen and oxygen atoms in total. The van der Waals surface area contributed by atoms with Gasteiger partial charge in [0.25, 0.3) is 0 Å². The first kappa shape index (κ1) is 16.4. The number of carbonyl (C=O) groups is 1. The highest BCUT2D eigenvalue weighted by Crippen LogP contribution is 2.03. The van der Waals surface area contributed by atoms with Crippen LogP contribution in [0.2, 0.25) is 0 Å². The molecule has 0 atom stereocenters. The highest BCUT2D eigenvalue weighted by molar-refractivity contribution is 7.92. The van der Waals surface area contributed by atoms with E-state index in [9.17, 15) is 9.00 Å². The van der Waals surface area contributed by atoms with Crippen LogP contribution in [0, 0.1) is 4.78 Å². The van der Waals surface area contributed by atoms with Crippen molar-refractivity contribution in [3.8, 4) is 0 Å². The quantitative estimate of drug-likeness (QED) is 0.751. The van der Waals surface area contributed by atoms with Gasteiger partial charge in [-0.15, -0.1) is 24.8 Å². The third-order valence-corrected chi connectivity index (χ3v) is 3.52. The Balaban J connectivity index is 0. The number of aliphatic carboxylic acids is 1. The molecule has 0 unspecified atom stereocenters.